The first kappa shape index (κ1) is 25.6. The zero-order valence-electron chi connectivity index (χ0n) is 17.8. The van der Waals surface area contributed by atoms with E-state index in [-0.39, 0.29) is 43.9 Å². The van der Waals surface area contributed by atoms with E-state index in [1.807, 2.05) is 6.07 Å². The number of nitriles is 2. The van der Waals surface area contributed by atoms with Crippen LogP contribution in [0.5, 0.6) is 5.95 Å². The first-order chi connectivity index (χ1) is 16.4. The molecule has 180 valence electrons. The van der Waals surface area contributed by atoms with Crippen LogP contribution in [0.25, 0.3) is 11.3 Å². The molecule has 15 heteroatoms. The average Bonchev–Trinajstić information content (AvgIpc) is 3.11. The third-order valence-electron chi connectivity index (χ3n) is 4.62. The van der Waals surface area contributed by atoms with E-state index in [0.717, 1.165) is 28.6 Å². The van der Waals surface area contributed by atoms with Crippen molar-refractivity contribution in [3.63, 3.8) is 0 Å². The molecule has 0 saturated carbocycles. The number of rotatable bonds is 5. The topological polar surface area (TPSA) is 169 Å². The third-order valence-corrected chi connectivity index (χ3v) is 6.04. The number of nitrogens with two attached hydrogens (primary N) is 1. The minimum Gasteiger partial charge on any atom is -0.539 e. The monoisotopic (exact) mass is 523 g/mol. The molecule has 0 bridgehead atoms. The normalized spacial score (nSPS) is 12.0. The van der Waals surface area contributed by atoms with Crippen molar-refractivity contribution in [2.75, 3.05) is 11.1 Å². The molecule has 2 aromatic heterocycles. The lowest BCUT2D eigenvalue weighted by molar-refractivity contribution is -0.730. The zero-order chi connectivity index (χ0) is 26.1. The molecule has 0 spiro atoms. The Hall–Kier alpha value is -4.01. The molecule has 0 aliphatic heterocycles. The first-order valence-corrected chi connectivity index (χ1v) is 10.7. The second-order valence-corrected chi connectivity index (χ2v) is 8.66. The maximum Gasteiger partial charge on any atom is 0.416 e. The summed E-state index contributed by atoms with van der Waals surface area (Å²) in [6, 6.07) is 6.10. The molecule has 35 heavy (non-hydrogen) atoms. The summed E-state index contributed by atoms with van der Waals surface area (Å²) in [4.78, 5) is 16.7. The van der Waals surface area contributed by atoms with Gasteiger partial charge in [-0.05, 0) is 25.1 Å². The number of aryl methyl sites for hydroxylation is 1. The van der Waals surface area contributed by atoms with Gasteiger partial charge in [0.2, 0.25) is 5.91 Å². The Labute approximate surface area is 204 Å². The summed E-state index contributed by atoms with van der Waals surface area (Å²) < 4.78 is 44.6. The van der Waals surface area contributed by atoms with Gasteiger partial charge in [0, 0.05) is 0 Å². The number of amides is 1. The second-order valence-electron chi connectivity index (χ2n) is 6.93. The smallest absolute Gasteiger partial charge is 0.416 e. The Morgan fingerprint density at radius 1 is 1.34 bits per heavy atom. The van der Waals surface area contributed by atoms with Crippen molar-refractivity contribution in [1.82, 2.24) is 10.3 Å². The number of anilines is 2. The first-order valence-electron chi connectivity index (χ1n) is 9.40. The van der Waals surface area contributed by atoms with Crippen LogP contribution < -0.4 is 20.8 Å². The SMILES string of the molecule is CC(Sc1nc(N)c(C#N)c(-c2c([O-])on[n+]2C)c1C#N)C(=O)Nc1cc(C(F)(F)F)ccc1Cl. The molecule has 1 atom stereocenters. The van der Waals surface area contributed by atoms with Gasteiger partial charge in [-0.15, -0.1) is 0 Å². The number of halogens is 4. The summed E-state index contributed by atoms with van der Waals surface area (Å²) in [6.07, 6.45) is -4.65. The van der Waals surface area contributed by atoms with E-state index >= 15 is 0 Å². The highest BCUT2D eigenvalue weighted by molar-refractivity contribution is 8.00. The highest BCUT2D eigenvalue weighted by Crippen LogP contribution is 2.38. The Morgan fingerprint density at radius 3 is 2.54 bits per heavy atom. The molecule has 3 N–H and O–H groups in total. The molecule has 0 saturated heterocycles. The standard InChI is InChI=1S/C20H13ClF3N7O3S/c1-8(17(32)28-13-5-9(20(22,23)24)3-4-12(13)21)35-18-11(7-26)14(10(6-25)16(27)29-18)15-19(33)34-30-31(15)2/h3-5,8H,1-2H3,(H3-,27,28,29,30,32,33). The summed E-state index contributed by atoms with van der Waals surface area (Å²) in [5.74, 6) is -2.02. The number of benzene rings is 1. The number of thioether (sulfide) groups is 1. The molecule has 3 rings (SSSR count). The van der Waals surface area contributed by atoms with E-state index in [4.69, 9.17) is 17.3 Å². The highest BCUT2D eigenvalue weighted by atomic mass is 35.5. The van der Waals surface area contributed by atoms with E-state index in [0.29, 0.717) is 6.07 Å². The maximum atomic E-state index is 13.0. The van der Waals surface area contributed by atoms with Gasteiger partial charge in [0.1, 0.15) is 28.5 Å². The quantitative estimate of drug-likeness (QED) is 0.377. The molecule has 1 unspecified atom stereocenters. The second kappa shape index (κ2) is 9.69. The Kier molecular flexibility index (Phi) is 7.09. The molecular formula is C20H13ClF3N7O3S. The van der Waals surface area contributed by atoms with Crippen molar-refractivity contribution in [3.05, 3.63) is 39.9 Å². The number of alkyl halides is 3. The average molecular weight is 524 g/mol. The summed E-state index contributed by atoms with van der Waals surface area (Å²) in [7, 11) is 1.35. The molecule has 1 aromatic carbocycles. The number of nitrogens with one attached hydrogen (secondary N) is 1. The fourth-order valence-electron chi connectivity index (χ4n) is 2.95. The Morgan fingerprint density at radius 2 is 2.00 bits per heavy atom. The molecule has 1 amide bonds. The van der Waals surface area contributed by atoms with Crippen molar-refractivity contribution in [2.24, 2.45) is 7.05 Å². The van der Waals surface area contributed by atoms with E-state index in [2.05, 4.69) is 20.1 Å². The van der Waals surface area contributed by atoms with Gasteiger partial charge in [-0.3, -0.25) is 4.79 Å². The number of hydrogen-bond acceptors (Lipinski definition) is 9. The van der Waals surface area contributed by atoms with Crippen molar-refractivity contribution >= 4 is 40.8 Å². The van der Waals surface area contributed by atoms with Gasteiger partial charge in [-0.1, -0.05) is 28.0 Å². The molecule has 3 aromatic rings. The van der Waals surface area contributed by atoms with E-state index in [1.54, 1.807) is 6.07 Å². The third kappa shape index (κ3) is 5.08. The summed E-state index contributed by atoms with van der Waals surface area (Å²) in [6.45, 7) is 1.40. The number of nitrogens with zero attached hydrogens (tertiary/aromatic N) is 5. The lowest BCUT2D eigenvalue weighted by atomic mass is 10.0. The fourth-order valence-corrected chi connectivity index (χ4v) is 4.03. The van der Waals surface area contributed by atoms with Gasteiger partial charge in [0.15, 0.2) is 13.0 Å². The number of pyridine rings is 1. The molecule has 0 aliphatic rings. The summed E-state index contributed by atoms with van der Waals surface area (Å²) >= 11 is 6.66. The van der Waals surface area contributed by atoms with Gasteiger partial charge in [-0.25, -0.2) is 4.98 Å². The van der Waals surface area contributed by atoms with Crippen LogP contribution in [0, 0.1) is 22.7 Å². The van der Waals surface area contributed by atoms with Gasteiger partial charge < -0.3 is 20.7 Å². The van der Waals surface area contributed by atoms with Crippen LogP contribution in [0.3, 0.4) is 0 Å². The molecule has 2 heterocycles. The van der Waals surface area contributed by atoms with E-state index in [1.165, 1.54) is 14.0 Å². The predicted molar refractivity (Wildman–Crippen MR) is 115 cm³/mol. The number of aromatic nitrogens is 3. The summed E-state index contributed by atoms with van der Waals surface area (Å²) in [5.41, 5.74) is 3.68. The molecular weight excluding hydrogens is 511 g/mol. The van der Waals surface area contributed by atoms with Crippen molar-refractivity contribution in [3.8, 4) is 29.3 Å². The van der Waals surface area contributed by atoms with Gasteiger partial charge in [0.25, 0.3) is 5.69 Å². The molecule has 0 aliphatic carbocycles. The fraction of sp³-hybridized carbons (Fsp3) is 0.200. The van der Waals surface area contributed by atoms with Crippen LogP contribution in [0.15, 0.2) is 27.7 Å². The van der Waals surface area contributed by atoms with E-state index < -0.39 is 28.8 Å². The van der Waals surface area contributed by atoms with Crippen LogP contribution in [0.4, 0.5) is 24.7 Å². The van der Waals surface area contributed by atoms with E-state index in [9.17, 15) is 33.6 Å². The molecule has 10 nitrogen and oxygen atoms in total. The highest BCUT2D eigenvalue weighted by Gasteiger charge is 2.32. The Bertz CT molecular complexity index is 1390. The van der Waals surface area contributed by atoms with Crippen molar-refractivity contribution in [1.29, 1.82) is 10.5 Å². The van der Waals surface area contributed by atoms with Crippen LogP contribution >= 0.6 is 23.4 Å². The molecule has 0 fully saturated rings. The number of carbonyl (C=O) groups is 1. The maximum absolute atomic E-state index is 13.0. The van der Waals surface area contributed by atoms with Crippen LogP contribution in [-0.4, -0.2) is 21.4 Å². The van der Waals surface area contributed by atoms with Crippen LogP contribution in [0.2, 0.25) is 5.02 Å². The Balaban J connectivity index is 1.99. The van der Waals surface area contributed by atoms with Gasteiger partial charge >= 0.3 is 6.18 Å². The van der Waals surface area contributed by atoms with Crippen molar-refractivity contribution < 1.29 is 32.3 Å². The number of nitrogen functional groups attached to an aromatic ring is 1. The zero-order valence-corrected chi connectivity index (χ0v) is 19.3. The van der Waals surface area contributed by atoms with Gasteiger partial charge in [0.05, 0.1) is 37.9 Å². The summed E-state index contributed by atoms with van der Waals surface area (Å²) in [5, 5.41) is 36.0. The van der Waals surface area contributed by atoms with Crippen LogP contribution in [-0.2, 0) is 18.0 Å². The van der Waals surface area contributed by atoms with Crippen LogP contribution in [0.1, 0.15) is 23.6 Å². The van der Waals surface area contributed by atoms with Crippen molar-refractivity contribution in [2.45, 2.75) is 23.4 Å². The lowest BCUT2D eigenvalue weighted by Crippen LogP contribution is -2.32. The molecule has 0 radical (unpaired) electrons. The minimum atomic E-state index is -4.65. The largest absolute Gasteiger partial charge is 0.539 e. The number of carbonyl (C=O) groups excluding carboxylic acids is 1. The lowest BCUT2D eigenvalue weighted by Gasteiger charge is -2.16. The predicted octanol–water partition coefficient (Wildman–Crippen LogP) is 2.75. The number of hydrogen-bond donors (Lipinski definition) is 2. The minimum absolute atomic E-state index is 0.0996. The van der Waals surface area contributed by atoms with Gasteiger partial charge in [-0.2, -0.15) is 23.7 Å².